The van der Waals surface area contributed by atoms with Crippen LogP contribution in [0, 0.1) is 0 Å². The van der Waals surface area contributed by atoms with Gasteiger partial charge >= 0.3 is 11.9 Å². The molecule has 0 radical (unpaired) electrons. The summed E-state index contributed by atoms with van der Waals surface area (Å²) in [5.41, 5.74) is 0. The van der Waals surface area contributed by atoms with Gasteiger partial charge in [-0.05, 0) is 53.4 Å². The summed E-state index contributed by atoms with van der Waals surface area (Å²) in [6.45, 7) is 15.1. The Morgan fingerprint density at radius 2 is 0.660 bits per heavy atom. The molecule has 0 fully saturated rings. The van der Waals surface area contributed by atoms with Gasteiger partial charge in [0, 0.05) is 52.1 Å². The molecule has 0 N–H and O–H groups in total. The fourth-order valence-corrected chi connectivity index (χ4v) is 6.29. The van der Waals surface area contributed by atoms with E-state index in [1.807, 2.05) is 27.7 Å². The molecule has 0 unspecified atom stereocenters. The highest BCUT2D eigenvalue weighted by Gasteiger charge is 2.31. The van der Waals surface area contributed by atoms with Gasteiger partial charge in [-0.25, -0.2) is 0 Å². The number of carbonyl (C=O) groups is 2. The quantitative estimate of drug-likeness (QED) is 0.0281. The van der Waals surface area contributed by atoms with E-state index in [-0.39, 0.29) is 19.6 Å². The first-order chi connectivity index (χ1) is 22.9. The van der Waals surface area contributed by atoms with Crippen LogP contribution in [0.25, 0.3) is 0 Å². The molecular formula is C39H76O8. The minimum Gasteiger partial charge on any atom is -0.465 e. The van der Waals surface area contributed by atoms with Crippen molar-refractivity contribution >= 4 is 11.9 Å². The van der Waals surface area contributed by atoms with E-state index in [2.05, 4.69) is 13.8 Å². The Morgan fingerprint density at radius 1 is 0.383 bits per heavy atom. The van der Waals surface area contributed by atoms with Gasteiger partial charge in [0.25, 0.3) is 0 Å². The summed E-state index contributed by atoms with van der Waals surface area (Å²) < 4.78 is 35.2. The zero-order valence-corrected chi connectivity index (χ0v) is 31.8. The zero-order valence-electron chi connectivity index (χ0n) is 31.8. The Balaban J connectivity index is 4.46. The Morgan fingerprint density at radius 3 is 0.957 bits per heavy atom. The predicted octanol–water partition coefficient (Wildman–Crippen LogP) is 10.6. The minimum atomic E-state index is -0.649. The van der Waals surface area contributed by atoms with Gasteiger partial charge in [0.1, 0.15) is 6.42 Å². The summed E-state index contributed by atoms with van der Waals surface area (Å²) in [4.78, 5) is 24.7. The number of esters is 2. The van der Waals surface area contributed by atoms with E-state index in [0.717, 1.165) is 25.7 Å². The molecule has 0 aliphatic heterocycles. The van der Waals surface area contributed by atoms with E-state index >= 15 is 0 Å². The average molecular weight is 673 g/mol. The molecule has 0 atom stereocenters. The summed E-state index contributed by atoms with van der Waals surface area (Å²) in [5.74, 6) is -2.43. The third-order valence-electron chi connectivity index (χ3n) is 8.67. The Labute approximate surface area is 290 Å². The number of ether oxygens (including phenoxy) is 6. The maximum atomic E-state index is 12.3. The van der Waals surface area contributed by atoms with Gasteiger partial charge in [-0.3, -0.25) is 9.59 Å². The highest BCUT2D eigenvalue weighted by atomic mass is 16.7. The van der Waals surface area contributed by atoms with Crippen LogP contribution >= 0.6 is 0 Å². The summed E-state index contributed by atoms with van der Waals surface area (Å²) in [6.07, 6.45) is 23.8. The van der Waals surface area contributed by atoms with Crippen LogP contribution in [0.15, 0.2) is 0 Å². The first kappa shape index (κ1) is 45.8. The Kier molecular flexibility index (Phi) is 31.2. The van der Waals surface area contributed by atoms with Gasteiger partial charge in [-0.1, -0.05) is 104 Å². The second kappa shape index (κ2) is 32.0. The molecule has 47 heavy (non-hydrogen) atoms. The number of hydrogen-bond donors (Lipinski definition) is 0. The fraction of sp³-hybridized carbons (Fsp3) is 0.949. The van der Waals surface area contributed by atoms with Crippen LogP contribution in [0.2, 0.25) is 0 Å². The van der Waals surface area contributed by atoms with Crippen molar-refractivity contribution < 1.29 is 38.0 Å². The van der Waals surface area contributed by atoms with Crippen molar-refractivity contribution in [2.24, 2.45) is 0 Å². The van der Waals surface area contributed by atoms with Crippen LogP contribution in [-0.2, 0) is 38.0 Å². The van der Waals surface area contributed by atoms with Crippen molar-refractivity contribution in [2.75, 3.05) is 39.6 Å². The van der Waals surface area contributed by atoms with Crippen LogP contribution in [0.3, 0.4) is 0 Å². The van der Waals surface area contributed by atoms with Gasteiger partial charge in [0.2, 0.25) is 0 Å². The zero-order chi connectivity index (χ0) is 34.9. The van der Waals surface area contributed by atoms with Crippen molar-refractivity contribution in [2.45, 2.75) is 201 Å². The SMILES string of the molecule is CCCCCCCCCCC(CCCOC(=O)CC(=O)OCCCC(CCCCCCCCCC)(OCC)OCC)(OCC)OCC. The average Bonchev–Trinajstić information content (AvgIpc) is 3.04. The van der Waals surface area contributed by atoms with E-state index < -0.39 is 23.5 Å². The number of carbonyl (C=O) groups excluding carboxylic acids is 2. The molecule has 8 nitrogen and oxygen atoms in total. The minimum absolute atomic E-state index is 0.218. The molecular weight excluding hydrogens is 596 g/mol. The van der Waals surface area contributed by atoms with E-state index in [9.17, 15) is 9.59 Å². The summed E-state index contributed by atoms with van der Waals surface area (Å²) in [5, 5.41) is 0. The third kappa shape index (κ3) is 25.4. The normalized spacial score (nSPS) is 12.0. The second-order valence-corrected chi connectivity index (χ2v) is 12.8. The van der Waals surface area contributed by atoms with Gasteiger partial charge < -0.3 is 28.4 Å². The number of rotatable bonds is 36. The monoisotopic (exact) mass is 673 g/mol. The van der Waals surface area contributed by atoms with Crippen molar-refractivity contribution in [3.05, 3.63) is 0 Å². The molecule has 0 aromatic carbocycles. The second-order valence-electron chi connectivity index (χ2n) is 12.8. The molecule has 0 aromatic heterocycles. The highest BCUT2D eigenvalue weighted by Crippen LogP contribution is 2.29. The van der Waals surface area contributed by atoms with Crippen LogP contribution in [0.1, 0.15) is 189 Å². The number of unbranched alkanes of at least 4 members (excludes halogenated alkanes) is 14. The van der Waals surface area contributed by atoms with Gasteiger partial charge in [0.05, 0.1) is 13.2 Å². The van der Waals surface area contributed by atoms with Crippen molar-refractivity contribution in [1.82, 2.24) is 0 Å². The summed E-state index contributed by atoms with van der Waals surface area (Å²) in [6, 6.07) is 0. The van der Waals surface area contributed by atoms with Gasteiger partial charge in [0.15, 0.2) is 11.6 Å². The summed E-state index contributed by atoms with van der Waals surface area (Å²) in [7, 11) is 0. The van der Waals surface area contributed by atoms with Crippen LogP contribution in [0.4, 0.5) is 0 Å². The van der Waals surface area contributed by atoms with E-state index in [4.69, 9.17) is 28.4 Å². The Hall–Kier alpha value is -1.22. The molecule has 0 aliphatic carbocycles. The Bertz CT molecular complexity index is 643. The molecule has 280 valence electrons. The first-order valence-corrected chi connectivity index (χ1v) is 19.7. The molecule has 0 rings (SSSR count). The lowest BCUT2D eigenvalue weighted by atomic mass is 10.0. The lowest BCUT2D eigenvalue weighted by Crippen LogP contribution is -2.37. The largest absolute Gasteiger partial charge is 0.465 e. The molecule has 0 bridgehead atoms. The van der Waals surface area contributed by atoms with Crippen molar-refractivity contribution in [3.8, 4) is 0 Å². The molecule has 0 aliphatic rings. The van der Waals surface area contributed by atoms with Crippen LogP contribution < -0.4 is 0 Å². The number of hydrogen-bond acceptors (Lipinski definition) is 8. The van der Waals surface area contributed by atoms with E-state index in [1.54, 1.807) is 0 Å². The molecule has 0 saturated carbocycles. The first-order valence-electron chi connectivity index (χ1n) is 19.7. The van der Waals surface area contributed by atoms with Crippen molar-refractivity contribution in [1.29, 1.82) is 0 Å². The third-order valence-corrected chi connectivity index (χ3v) is 8.67. The lowest BCUT2D eigenvalue weighted by molar-refractivity contribution is -0.243. The molecule has 8 heteroatoms. The van der Waals surface area contributed by atoms with Crippen LogP contribution in [-0.4, -0.2) is 63.2 Å². The van der Waals surface area contributed by atoms with Gasteiger partial charge in [-0.15, -0.1) is 0 Å². The van der Waals surface area contributed by atoms with Crippen LogP contribution in [0.5, 0.6) is 0 Å². The maximum absolute atomic E-state index is 12.3. The highest BCUT2D eigenvalue weighted by molar-refractivity contribution is 5.91. The van der Waals surface area contributed by atoms with E-state index in [0.29, 0.717) is 52.1 Å². The molecule has 0 heterocycles. The fourth-order valence-electron chi connectivity index (χ4n) is 6.29. The maximum Gasteiger partial charge on any atom is 0.317 e. The summed E-state index contributed by atoms with van der Waals surface area (Å²) >= 11 is 0. The lowest BCUT2D eigenvalue weighted by Gasteiger charge is -2.33. The smallest absolute Gasteiger partial charge is 0.317 e. The topological polar surface area (TPSA) is 89.5 Å². The van der Waals surface area contributed by atoms with Crippen molar-refractivity contribution in [3.63, 3.8) is 0 Å². The molecule has 0 aromatic rings. The molecule has 0 amide bonds. The standard InChI is InChI=1S/C39H76O8/c1-7-13-15-17-19-21-23-25-29-38(44-9-3,45-10-4)31-27-33-42-36(40)35-37(41)43-34-28-32-39(46-11-5,47-12-6)30-26-24-22-20-18-16-14-8-2/h7-35H2,1-6H3. The van der Waals surface area contributed by atoms with Gasteiger partial charge in [-0.2, -0.15) is 0 Å². The van der Waals surface area contributed by atoms with E-state index in [1.165, 1.54) is 89.9 Å². The predicted molar refractivity (Wildman–Crippen MR) is 191 cm³/mol. The molecule has 0 spiro atoms. The molecule has 0 saturated heterocycles.